The Hall–Kier alpha value is -1.78. The van der Waals surface area contributed by atoms with Crippen LogP contribution in [0.3, 0.4) is 0 Å². The summed E-state index contributed by atoms with van der Waals surface area (Å²) in [6, 6.07) is 12.1. The molecule has 2 aromatic rings. The zero-order chi connectivity index (χ0) is 20.5. The van der Waals surface area contributed by atoms with Gasteiger partial charge in [-0.1, -0.05) is 55.5 Å². The van der Waals surface area contributed by atoms with Gasteiger partial charge in [-0.3, -0.25) is 4.79 Å². The first-order valence-electron chi connectivity index (χ1n) is 10.8. The molecule has 29 heavy (non-hydrogen) atoms. The third-order valence-corrected chi connectivity index (χ3v) is 6.31. The van der Waals surface area contributed by atoms with Crippen LogP contribution in [0, 0.1) is 5.92 Å². The normalized spacial score (nSPS) is 14.4. The first kappa shape index (κ1) is 21.9. The fourth-order valence-electron chi connectivity index (χ4n) is 4.23. The highest BCUT2D eigenvalue weighted by atomic mass is 35.5. The van der Waals surface area contributed by atoms with Crippen molar-refractivity contribution in [1.82, 2.24) is 9.47 Å². The van der Waals surface area contributed by atoms with Crippen LogP contribution >= 0.6 is 11.6 Å². The van der Waals surface area contributed by atoms with E-state index < -0.39 is 0 Å². The van der Waals surface area contributed by atoms with E-state index in [1.807, 2.05) is 29.2 Å². The van der Waals surface area contributed by atoms with E-state index in [1.165, 1.54) is 25.7 Å². The van der Waals surface area contributed by atoms with Crippen LogP contribution < -0.4 is 0 Å². The van der Waals surface area contributed by atoms with Gasteiger partial charge in [-0.05, 0) is 42.5 Å². The molecule has 0 spiro atoms. The molecule has 0 aliphatic heterocycles. The van der Waals surface area contributed by atoms with Crippen LogP contribution in [0.5, 0.6) is 0 Å². The molecule has 0 bridgehead atoms. The van der Waals surface area contributed by atoms with Crippen LogP contribution in [0.1, 0.15) is 56.2 Å². The molecule has 1 saturated carbocycles. The van der Waals surface area contributed by atoms with Crippen molar-refractivity contribution >= 4 is 17.5 Å². The lowest BCUT2D eigenvalue weighted by Gasteiger charge is -2.24. The molecule has 0 atom stereocenters. The lowest BCUT2D eigenvalue weighted by molar-refractivity contribution is -0.132. The van der Waals surface area contributed by atoms with Crippen molar-refractivity contribution in [2.45, 2.75) is 58.0 Å². The molecule has 3 rings (SSSR count). The molecule has 0 radical (unpaired) electrons. The predicted octanol–water partition coefficient (Wildman–Crippen LogP) is 5.53. The number of nitrogens with zero attached hydrogens (tertiary/aromatic N) is 2. The SMILES string of the molecule is COCCCN(Cc1cccn1Cc1ccccc1Cl)C(=O)CCC1CCCC1. The van der Waals surface area contributed by atoms with Crippen molar-refractivity contribution in [1.29, 1.82) is 0 Å². The summed E-state index contributed by atoms with van der Waals surface area (Å²) in [4.78, 5) is 15.0. The summed E-state index contributed by atoms with van der Waals surface area (Å²) in [5.74, 6) is 1.00. The molecule has 0 N–H and O–H groups in total. The van der Waals surface area contributed by atoms with Gasteiger partial charge in [-0.2, -0.15) is 0 Å². The highest BCUT2D eigenvalue weighted by molar-refractivity contribution is 6.31. The Balaban J connectivity index is 1.64. The number of hydrogen-bond donors (Lipinski definition) is 0. The maximum atomic E-state index is 13.0. The van der Waals surface area contributed by atoms with Gasteiger partial charge in [-0.25, -0.2) is 0 Å². The molecule has 1 amide bonds. The molecule has 5 heteroatoms. The molecule has 1 fully saturated rings. The van der Waals surface area contributed by atoms with Crippen LogP contribution in [0.2, 0.25) is 5.02 Å². The lowest BCUT2D eigenvalue weighted by Crippen LogP contribution is -2.33. The summed E-state index contributed by atoms with van der Waals surface area (Å²) in [6.45, 7) is 2.75. The third-order valence-electron chi connectivity index (χ3n) is 5.95. The summed E-state index contributed by atoms with van der Waals surface area (Å²) in [5, 5.41) is 0.775. The number of aromatic nitrogens is 1. The Labute approximate surface area is 179 Å². The molecule has 0 saturated heterocycles. The lowest BCUT2D eigenvalue weighted by atomic mass is 10.0. The van der Waals surface area contributed by atoms with Crippen LogP contribution in [-0.2, 0) is 22.6 Å². The van der Waals surface area contributed by atoms with Crippen LogP contribution in [0.25, 0.3) is 0 Å². The minimum atomic E-state index is 0.262. The second kappa shape index (κ2) is 11.4. The number of carbonyl (C=O) groups excluding carboxylic acids is 1. The quantitative estimate of drug-likeness (QED) is 0.451. The maximum absolute atomic E-state index is 13.0. The van der Waals surface area contributed by atoms with E-state index in [0.29, 0.717) is 26.1 Å². The van der Waals surface area contributed by atoms with Gasteiger partial charge in [0.15, 0.2) is 0 Å². The topological polar surface area (TPSA) is 34.5 Å². The number of methoxy groups -OCH3 is 1. The van der Waals surface area contributed by atoms with Gasteiger partial charge in [0, 0.05) is 50.1 Å². The molecule has 0 unspecified atom stereocenters. The zero-order valence-electron chi connectivity index (χ0n) is 17.5. The molecule has 1 aromatic carbocycles. The Morgan fingerprint density at radius 1 is 1.21 bits per heavy atom. The number of hydrogen-bond acceptors (Lipinski definition) is 2. The summed E-state index contributed by atoms with van der Waals surface area (Å²) in [6.07, 6.45) is 9.84. The largest absolute Gasteiger partial charge is 0.385 e. The Kier molecular flexibility index (Phi) is 8.63. The molecule has 1 aromatic heterocycles. The molecule has 1 aliphatic rings. The number of amides is 1. The van der Waals surface area contributed by atoms with E-state index in [2.05, 4.69) is 22.9 Å². The fraction of sp³-hybridized carbons (Fsp3) is 0.542. The first-order valence-corrected chi connectivity index (χ1v) is 11.2. The van der Waals surface area contributed by atoms with Gasteiger partial charge in [0.1, 0.15) is 0 Å². The van der Waals surface area contributed by atoms with Crippen molar-refractivity contribution in [3.63, 3.8) is 0 Å². The highest BCUT2D eigenvalue weighted by Gasteiger charge is 2.20. The van der Waals surface area contributed by atoms with E-state index in [-0.39, 0.29) is 5.91 Å². The maximum Gasteiger partial charge on any atom is 0.222 e. The van der Waals surface area contributed by atoms with Crippen LogP contribution in [-0.4, -0.2) is 35.6 Å². The monoisotopic (exact) mass is 416 g/mol. The minimum Gasteiger partial charge on any atom is -0.385 e. The summed E-state index contributed by atoms with van der Waals surface area (Å²) in [7, 11) is 1.71. The number of rotatable bonds is 11. The van der Waals surface area contributed by atoms with Crippen LogP contribution in [0.4, 0.5) is 0 Å². The van der Waals surface area contributed by atoms with Crippen molar-refractivity contribution < 1.29 is 9.53 Å². The number of carbonyl (C=O) groups is 1. The number of halogens is 1. The van der Waals surface area contributed by atoms with E-state index in [9.17, 15) is 4.79 Å². The van der Waals surface area contributed by atoms with Crippen molar-refractivity contribution in [2.24, 2.45) is 5.92 Å². The molecule has 1 aliphatic carbocycles. The molecule has 4 nitrogen and oxygen atoms in total. The van der Waals surface area contributed by atoms with Crippen molar-refractivity contribution in [2.75, 3.05) is 20.3 Å². The van der Waals surface area contributed by atoms with E-state index in [1.54, 1.807) is 7.11 Å². The fourth-order valence-corrected chi connectivity index (χ4v) is 4.42. The second-order valence-electron chi connectivity index (χ2n) is 8.07. The Morgan fingerprint density at radius 2 is 2.00 bits per heavy atom. The van der Waals surface area contributed by atoms with Gasteiger partial charge >= 0.3 is 0 Å². The standard InChI is InChI=1S/C24H33ClN2O2/c1-29-17-7-16-27(24(28)14-13-20-8-2-3-9-20)19-22-11-6-15-26(22)18-21-10-4-5-12-23(21)25/h4-6,10-12,15,20H,2-3,7-9,13-14,16-19H2,1H3. The average Bonchev–Trinajstić information content (AvgIpc) is 3.39. The molecule has 158 valence electrons. The van der Waals surface area contributed by atoms with Gasteiger partial charge in [0.25, 0.3) is 0 Å². The number of benzene rings is 1. The zero-order valence-corrected chi connectivity index (χ0v) is 18.2. The highest BCUT2D eigenvalue weighted by Crippen LogP contribution is 2.29. The Bertz CT molecular complexity index is 768. The van der Waals surface area contributed by atoms with Gasteiger partial charge in [-0.15, -0.1) is 0 Å². The summed E-state index contributed by atoms with van der Waals surface area (Å²) >= 11 is 6.35. The second-order valence-corrected chi connectivity index (χ2v) is 8.48. The third kappa shape index (κ3) is 6.61. The van der Waals surface area contributed by atoms with Gasteiger partial charge < -0.3 is 14.2 Å². The van der Waals surface area contributed by atoms with Gasteiger partial charge in [0.05, 0.1) is 6.54 Å². The average molecular weight is 417 g/mol. The molecular formula is C24H33ClN2O2. The summed E-state index contributed by atoms with van der Waals surface area (Å²) < 4.78 is 7.40. The first-order chi connectivity index (χ1) is 14.2. The molecule has 1 heterocycles. The van der Waals surface area contributed by atoms with E-state index >= 15 is 0 Å². The van der Waals surface area contributed by atoms with Gasteiger partial charge in [0.2, 0.25) is 5.91 Å². The smallest absolute Gasteiger partial charge is 0.222 e. The van der Waals surface area contributed by atoms with Crippen molar-refractivity contribution in [3.8, 4) is 0 Å². The van der Waals surface area contributed by atoms with E-state index in [4.69, 9.17) is 16.3 Å². The summed E-state index contributed by atoms with van der Waals surface area (Å²) in [5.41, 5.74) is 2.22. The molecular weight excluding hydrogens is 384 g/mol. The Morgan fingerprint density at radius 3 is 2.76 bits per heavy atom. The van der Waals surface area contributed by atoms with Crippen molar-refractivity contribution in [3.05, 3.63) is 58.9 Å². The number of ether oxygens (including phenoxy) is 1. The predicted molar refractivity (Wildman–Crippen MR) is 118 cm³/mol. The minimum absolute atomic E-state index is 0.262. The van der Waals surface area contributed by atoms with E-state index in [0.717, 1.165) is 41.6 Å². The van der Waals surface area contributed by atoms with Crippen LogP contribution in [0.15, 0.2) is 42.6 Å².